The zero-order valence-corrected chi connectivity index (χ0v) is 16.6. The first-order valence-electron chi connectivity index (χ1n) is 10.3. The van der Waals surface area contributed by atoms with Crippen molar-refractivity contribution in [2.24, 2.45) is 5.92 Å². The van der Waals surface area contributed by atoms with Gasteiger partial charge in [0, 0.05) is 50.1 Å². The Hall–Kier alpha value is -2.21. The van der Waals surface area contributed by atoms with Crippen molar-refractivity contribution in [2.75, 3.05) is 26.7 Å². The summed E-state index contributed by atoms with van der Waals surface area (Å²) in [4.78, 5) is 21.3. The largest absolute Gasteiger partial charge is 0.341 e. The number of carbonyl (C=O) groups is 1. The molecule has 5 nitrogen and oxygen atoms in total. The number of likely N-dealkylation sites (N-methyl/N-ethyl adjacent to an activating group) is 1. The van der Waals surface area contributed by atoms with E-state index < -0.39 is 0 Å². The topological polar surface area (TPSA) is 41.4 Å². The summed E-state index contributed by atoms with van der Waals surface area (Å²) in [6.07, 6.45) is 8.69. The molecule has 0 N–H and O–H groups in total. The summed E-state index contributed by atoms with van der Waals surface area (Å²) >= 11 is 0. The fraction of sp³-hybridized carbons (Fsp3) is 0.545. The van der Waals surface area contributed by atoms with Gasteiger partial charge in [0.1, 0.15) is 11.6 Å². The monoisotopic (exact) mass is 384 g/mol. The van der Waals surface area contributed by atoms with Gasteiger partial charge in [-0.3, -0.25) is 9.69 Å². The molecule has 2 aromatic rings. The van der Waals surface area contributed by atoms with E-state index in [1.807, 2.05) is 29.1 Å². The molecule has 1 aliphatic heterocycles. The van der Waals surface area contributed by atoms with E-state index >= 15 is 0 Å². The Balaban J connectivity index is 1.34. The molecule has 1 unspecified atom stereocenters. The Labute approximate surface area is 166 Å². The molecule has 2 heterocycles. The van der Waals surface area contributed by atoms with Gasteiger partial charge < -0.3 is 9.47 Å². The number of nitrogens with zero attached hydrogens (tertiary/aromatic N) is 4. The summed E-state index contributed by atoms with van der Waals surface area (Å²) in [7, 11) is 1.87. The van der Waals surface area contributed by atoms with Crippen molar-refractivity contribution >= 4 is 5.91 Å². The van der Waals surface area contributed by atoms with Crippen molar-refractivity contribution in [1.82, 2.24) is 19.4 Å². The van der Waals surface area contributed by atoms with E-state index in [2.05, 4.69) is 15.7 Å². The minimum Gasteiger partial charge on any atom is -0.341 e. The first-order valence-corrected chi connectivity index (χ1v) is 10.3. The summed E-state index contributed by atoms with van der Waals surface area (Å²) in [5, 5.41) is 0. The highest BCUT2D eigenvalue weighted by atomic mass is 19.1. The number of benzene rings is 1. The zero-order chi connectivity index (χ0) is 19.5. The molecule has 0 spiro atoms. The predicted octanol–water partition coefficient (Wildman–Crippen LogP) is 3.27. The van der Waals surface area contributed by atoms with Crippen LogP contribution in [0.1, 0.15) is 43.0 Å². The normalized spacial score (nSPS) is 20.0. The van der Waals surface area contributed by atoms with Crippen molar-refractivity contribution in [2.45, 2.75) is 44.7 Å². The van der Waals surface area contributed by atoms with Crippen molar-refractivity contribution in [3.8, 4) is 0 Å². The number of hydrogen-bond acceptors (Lipinski definition) is 3. The van der Waals surface area contributed by atoms with Crippen LogP contribution in [0.3, 0.4) is 0 Å². The summed E-state index contributed by atoms with van der Waals surface area (Å²) in [5.41, 5.74) is 0.622. The summed E-state index contributed by atoms with van der Waals surface area (Å²) in [6, 6.07) is 6.74. The number of amides is 1. The maximum Gasteiger partial charge on any atom is 0.236 e. The number of imidazole rings is 1. The molecular formula is C22H29FN4O. The van der Waals surface area contributed by atoms with Gasteiger partial charge in [-0.05, 0) is 44.7 Å². The molecule has 1 saturated carbocycles. The van der Waals surface area contributed by atoms with E-state index in [1.54, 1.807) is 12.1 Å². The van der Waals surface area contributed by atoms with E-state index in [-0.39, 0.29) is 11.7 Å². The first-order chi connectivity index (χ1) is 13.6. The van der Waals surface area contributed by atoms with Gasteiger partial charge in [-0.1, -0.05) is 18.2 Å². The SMILES string of the molecule is CN(CC(=O)N1CCCC(c2nccn2CC2CC2)C1)Cc1ccccc1F. The Bertz CT molecular complexity index is 816. The van der Waals surface area contributed by atoms with E-state index in [4.69, 9.17) is 0 Å². The van der Waals surface area contributed by atoms with Crippen molar-refractivity contribution < 1.29 is 9.18 Å². The highest BCUT2D eigenvalue weighted by molar-refractivity contribution is 5.78. The van der Waals surface area contributed by atoms with Crippen LogP contribution in [0.15, 0.2) is 36.7 Å². The van der Waals surface area contributed by atoms with Crippen LogP contribution in [0.25, 0.3) is 0 Å². The molecule has 1 amide bonds. The minimum absolute atomic E-state index is 0.115. The van der Waals surface area contributed by atoms with Crippen LogP contribution < -0.4 is 0 Å². The maximum atomic E-state index is 13.9. The summed E-state index contributed by atoms with van der Waals surface area (Å²) in [6.45, 7) is 3.32. The highest BCUT2D eigenvalue weighted by Gasteiger charge is 2.29. The number of piperidine rings is 1. The molecule has 150 valence electrons. The zero-order valence-electron chi connectivity index (χ0n) is 16.6. The molecule has 1 aromatic carbocycles. The third-order valence-electron chi connectivity index (χ3n) is 5.84. The number of halogens is 1. The minimum atomic E-state index is -0.220. The lowest BCUT2D eigenvalue weighted by Gasteiger charge is -2.33. The fourth-order valence-corrected chi connectivity index (χ4v) is 4.13. The van der Waals surface area contributed by atoms with Gasteiger partial charge in [0.25, 0.3) is 0 Å². The number of carbonyl (C=O) groups excluding carboxylic acids is 1. The van der Waals surface area contributed by atoms with Crippen LogP contribution in [0.2, 0.25) is 0 Å². The van der Waals surface area contributed by atoms with Gasteiger partial charge in [0.15, 0.2) is 0 Å². The highest BCUT2D eigenvalue weighted by Crippen LogP contribution is 2.33. The molecule has 1 aromatic heterocycles. The summed E-state index contributed by atoms with van der Waals surface area (Å²) in [5.74, 6) is 2.14. The van der Waals surface area contributed by atoms with E-state index in [1.165, 1.54) is 18.9 Å². The fourth-order valence-electron chi connectivity index (χ4n) is 4.13. The average Bonchev–Trinajstić information content (AvgIpc) is 3.38. The Kier molecular flexibility index (Phi) is 5.76. The smallest absolute Gasteiger partial charge is 0.236 e. The van der Waals surface area contributed by atoms with Gasteiger partial charge in [-0.2, -0.15) is 0 Å². The van der Waals surface area contributed by atoms with Gasteiger partial charge >= 0.3 is 0 Å². The average molecular weight is 384 g/mol. The second-order valence-electron chi connectivity index (χ2n) is 8.32. The van der Waals surface area contributed by atoms with E-state index in [0.29, 0.717) is 24.6 Å². The number of aromatic nitrogens is 2. The number of rotatable bonds is 7. The summed E-state index contributed by atoms with van der Waals surface area (Å²) < 4.78 is 16.1. The Morgan fingerprint density at radius 3 is 2.89 bits per heavy atom. The third-order valence-corrected chi connectivity index (χ3v) is 5.84. The Morgan fingerprint density at radius 2 is 2.11 bits per heavy atom. The van der Waals surface area contributed by atoms with Crippen LogP contribution in [-0.2, 0) is 17.9 Å². The third kappa shape index (κ3) is 4.61. The van der Waals surface area contributed by atoms with Crippen molar-refractivity contribution in [3.63, 3.8) is 0 Å². The second-order valence-corrected chi connectivity index (χ2v) is 8.32. The molecule has 2 fully saturated rings. The molecular weight excluding hydrogens is 355 g/mol. The molecule has 1 saturated heterocycles. The predicted molar refractivity (Wildman–Crippen MR) is 106 cm³/mol. The lowest BCUT2D eigenvalue weighted by molar-refractivity contribution is -0.133. The lowest BCUT2D eigenvalue weighted by Crippen LogP contribution is -2.44. The molecule has 0 radical (unpaired) electrons. The lowest BCUT2D eigenvalue weighted by atomic mass is 9.97. The van der Waals surface area contributed by atoms with Crippen molar-refractivity contribution in [1.29, 1.82) is 0 Å². The Morgan fingerprint density at radius 1 is 1.29 bits per heavy atom. The van der Waals surface area contributed by atoms with Crippen LogP contribution in [0, 0.1) is 11.7 Å². The maximum absolute atomic E-state index is 13.9. The van der Waals surface area contributed by atoms with Gasteiger partial charge in [-0.25, -0.2) is 9.37 Å². The first kappa shape index (κ1) is 19.1. The molecule has 1 atom stereocenters. The van der Waals surface area contributed by atoms with E-state index in [0.717, 1.165) is 44.2 Å². The standard InChI is InChI=1S/C22H29FN4O/c1-25(14-18-5-2-3-7-20(18)23)16-21(28)26-11-4-6-19(15-26)22-24-10-12-27(22)13-17-8-9-17/h2-3,5,7,10,12,17,19H,4,6,8-9,11,13-16H2,1H3. The number of hydrogen-bond donors (Lipinski definition) is 0. The molecule has 4 rings (SSSR count). The quantitative estimate of drug-likeness (QED) is 0.736. The van der Waals surface area contributed by atoms with Gasteiger partial charge in [-0.15, -0.1) is 0 Å². The molecule has 2 aliphatic rings. The van der Waals surface area contributed by atoms with Crippen LogP contribution >= 0.6 is 0 Å². The molecule has 6 heteroatoms. The molecule has 0 bridgehead atoms. The van der Waals surface area contributed by atoms with Crippen LogP contribution in [0.4, 0.5) is 4.39 Å². The van der Waals surface area contributed by atoms with Crippen molar-refractivity contribution in [3.05, 3.63) is 53.9 Å². The second kappa shape index (κ2) is 8.43. The van der Waals surface area contributed by atoms with Gasteiger partial charge in [0.2, 0.25) is 5.91 Å². The molecule has 1 aliphatic carbocycles. The van der Waals surface area contributed by atoms with E-state index in [9.17, 15) is 9.18 Å². The number of likely N-dealkylation sites (tertiary alicyclic amines) is 1. The molecule has 28 heavy (non-hydrogen) atoms. The van der Waals surface area contributed by atoms with Crippen LogP contribution in [0.5, 0.6) is 0 Å². The van der Waals surface area contributed by atoms with Gasteiger partial charge in [0.05, 0.1) is 6.54 Å². The van der Waals surface area contributed by atoms with Crippen LogP contribution in [-0.4, -0.2) is 51.9 Å².